The maximum atomic E-state index is 11.7. The van der Waals surface area contributed by atoms with E-state index in [2.05, 4.69) is 154 Å². The van der Waals surface area contributed by atoms with Crippen LogP contribution in [0.3, 0.4) is 0 Å². The molecule has 11 rings (SSSR count). The van der Waals surface area contributed by atoms with Gasteiger partial charge in [-0.05, 0) is 122 Å². The van der Waals surface area contributed by atoms with Crippen molar-refractivity contribution in [2.24, 2.45) is 0 Å². The second kappa shape index (κ2) is 19.2. The largest absolute Gasteiger partial charge is 0.369 e. The number of aromatic nitrogens is 6. The molecule has 0 saturated carbocycles. The number of rotatable bonds is 9. The average Bonchev–Trinajstić information content (AvgIpc) is 4.14. The quantitative estimate of drug-likeness (QED) is 0.140. The van der Waals surface area contributed by atoms with Crippen molar-refractivity contribution in [1.29, 1.82) is 0 Å². The molecule has 15 heteroatoms. The van der Waals surface area contributed by atoms with Gasteiger partial charge in [-0.15, -0.1) is 22.7 Å². The molecule has 7 heterocycles. The molecular weight excluding hydrogens is 959 g/mol. The van der Waals surface area contributed by atoms with Gasteiger partial charge in [-0.2, -0.15) is 0 Å². The summed E-state index contributed by atoms with van der Waals surface area (Å²) >= 11 is 7.08. The van der Waals surface area contributed by atoms with Gasteiger partial charge in [0.2, 0.25) is 0 Å². The number of thiazole rings is 2. The lowest BCUT2D eigenvalue weighted by Crippen LogP contribution is -2.40. The van der Waals surface area contributed by atoms with Crippen molar-refractivity contribution in [3.63, 3.8) is 0 Å². The third-order valence-electron chi connectivity index (χ3n) is 12.9. The number of sulfone groups is 1. The van der Waals surface area contributed by atoms with Gasteiger partial charge in [-0.3, -0.25) is 0 Å². The smallest absolute Gasteiger partial charge is 0.185 e. The summed E-state index contributed by atoms with van der Waals surface area (Å²) < 4.78 is 28.9. The molecule has 67 heavy (non-hydrogen) atoms. The standard InChI is InChI=1S/C28H31N5O2S2.C24H23BrN4S/c1-20-18-33(21(2)30-20)26-8-5-23-9-10-32(19-24(23)16-26)28-29-17-27(36-28)15-22-3-6-25(7-4-22)31-11-13-37(34,35)14-12-31;1-16-14-29(17(2)27-16)22-8-5-19-9-10-28(15-20(19)12-22)24-26-13-23(30-24)11-18-3-6-21(25)7-4-18/h3-8,16-18H,9-15,19H2,1-2H3;3-8,12-14H,9-11,15H2,1-2H3. The van der Waals surface area contributed by atoms with Crippen molar-refractivity contribution >= 4 is 64.4 Å². The summed E-state index contributed by atoms with van der Waals surface area (Å²) in [4.78, 5) is 28.1. The van der Waals surface area contributed by atoms with Crippen LogP contribution in [0.5, 0.6) is 0 Å². The summed E-state index contributed by atoms with van der Waals surface area (Å²) in [6, 6.07) is 30.6. The molecule has 3 aliphatic heterocycles. The van der Waals surface area contributed by atoms with Gasteiger partial charge in [0.05, 0.1) is 22.9 Å². The molecule has 0 atom stereocenters. The molecule has 4 aromatic heterocycles. The summed E-state index contributed by atoms with van der Waals surface area (Å²) in [5, 5.41) is 2.19. The highest BCUT2D eigenvalue weighted by Crippen LogP contribution is 2.33. The van der Waals surface area contributed by atoms with Gasteiger partial charge in [0, 0.05) is 108 Å². The van der Waals surface area contributed by atoms with Crippen LogP contribution in [0.1, 0.15) is 66.2 Å². The Hall–Kier alpha value is -5.61. The van der Waals surface area contributed by atoms with Gasteiger partial charge < -0.3 is 23.8 Å². The molecule has 0 amide bonds. The molecule has 0 N–H and O–H groups in total. The van der Waals surface area contributed by atoms with Gasteiger partial charge in [0.15, 0.2) is 20.1 Å². The summed E-state index contributed by atoms with van der Waals surface area (Å²) in [6.45, 7) is 13.1. The molecular formula is C52H54BrN9O2S3. The van der Waals surface area contributed by atoms with Crippen LogP contribution in [-0.2, 0) is 48.6 Å². The Morgan fingerprint density at radius 2 is 1.00 bits per heavy atom. The van der Waals surface area contributed by atoms with Crippen LogP contribution in [0.15, 0.2) is 114 Å². The van der Waals surface area contributed by atoms with E-state index < -0.39 is 9.84 Å². The Balaban J connectivity index is 0.000000160. The minimum absolute atomic E-state index is 0.240. The monoisotopic (exact) mass is 1010 g/mol. The van der Waals surface area contributed by atoms with Crippen molar-refractivity contribution in [1.82, 2.24) is 29.1 Å². The lowest BCUT2D eigenvalue weighted by Gasteiger charge is -2.29. The van der Waals surface area contributed by atoms with Gasteiger partial charge >= 0.3 is 0 Å². The summed E-state index contributed by atoms with van der Waals surface area (Å²) in [6.07, 6.45) is 12.1. The molecule has 0 bridgehead atoms. The minimum atomic E-state index is -2.87. The van der Waals surface area contributed by atoms with Crippen molar-refractivity contribution in [3.8, 4) is 11.4 Å². The second-order valence-corrected chi connectivity index (χ2v) is 23.3. The Kier molecular flexibility index (Phi) is 12.9. The molecule has 0 aliphatic carbocycles. The highest BCUT2D eigenvalue weighted by molar-refractivity contribution is 9.10. The Morgan fingerprint density at radius 1 is 0.552 bits per heavy atom. The number of nitrogens with zero attached hydrogens (tertiary/aromatic N) is 9. The number of aryl methyl sites for hydroxylation is 4. The number of benzene rings is 4. The maximum Gasteiger partial charge on any atom is 0.185 e. The molecule has 11 nitrogen and oxygen atoms in total. The zero-order chi connectivity index (χ0) is 46.2. The van der Waals surface area contributed by atoms with E-state index >= 15 is 0 Å². The molecule has 344 valence electrons. The normalized spacial score (nSPS) is 15.5. The molecule has 8 aromatic rings. The first-order valence-electron chi connectivity index (χ1n) is 22.9. The fourth-order valence-electron chi connectivity index (χ4n) is 9.32. The zero-order valence-electron chi connectivity index (χ0n) is 38.3. The number of imidazole rings is 2. The molecule has 4 aromatic carbocycles. The van der Waals surface area contributed by atoms with Crippen LogP contribution in [0.2, 0.25) is 0 Å². The van der Waals surface area contributed by atoms with Crippen LogP contribution in [-0.4, -0.2) is 75.2 Å². The molecule has 1 fully saturated rings. The second-order valence-electron chi connectivity index (χ2n) is 17.9. The van der Waals surface area contributed by atoms with Gasteiger partial charge in [0.1, 0.15) is 11.6 Å². The van der Waals surface area contributed by atoms with Gasteiger partial charge in [0.25, 0.3) is 0 Å². The minimum Gasteiger partial charge on any atom is -0.369 e. The number of fused-ring (bicyclic) bond motifs is 2. The average molecular weight is 1010 g/mol. The lowest BCUT2D eigenvalue weighted by molar-refractivity contribution is 0.587. The van der Waals surface area contributed by atoms with E-state index in [-0.39, 0.29) is 11.5 Å². The number of halogens is 1. The van der Waals surface area contributed by atoms with E-state index in [4.69, 9.17) is 9.97 Å². The number of anilines is 3. The first-order valence-corrected chi connectivity index (χ1v) is 27.1. The summed E-state index contributed by atoms with van der Waals surface area (Å²) in [5.74, 6) is 2.51. The first-order chi connectivity index (χ1) is 32.4. The topological polar surface area (TPSA) is 105 Å². The van der Waals surface area contributed by atoms with E-state index in [9.17, 15) is 8.42 Å². The van der Waals surface area contributed by atoms with Gasteiger partial charge in [-0.25, -0.2) is 28.4 Å². The lowest BCUT2D eigenvalue weighted by atomic mass is 9.99. The molecule has 1 saturated heterocycles. The predicted octanol–water partition coefficient (Wildman–Crippen LogP) is 10.2. The van der Waals surface area contributed by atoms with Crippen molar-refractivity contribution < 1.29 is 8.42 Å². The SMILES string of the molecule is Cc1cn(-c2ccc3c(c2)CN(c2ncc(Cc4ccc(Br)cc4)s2)CC3)c(C)n1.Cc1cn(-c2ccc3c(c2)CN(c2ncc(Cc4ccc(N5CCS(=O)(=O)CC5)cc4)s2)CC3)c(C)n1. The number of hydrogen-bond acceptors (Lipinski definition) is 11. The fourth-order valence-corrected chi connectivity index (χ4v) is 12.7. The third-order valence-corrected chi connectivity index (χ3v) is 17.2. The van der Waals surface area contributed by atoms with E-state index in [1.807, 2.05) is 44.5 Å². The Labute approximate surface area is 409 Å². The highest BCUT2D eigenvalue weighted by atomic mass is 79.9. The molecule has 0 spiro atoms. The van der Waals surface area contributed by atoms with E-state index in [0.29, 0.717) is 13.1 Å². The molecule has 3 aliphatic rings. The molecule has 0 unspecified atom stereocenters. The van der Waals surface area contributed by atoms with E-state index in [0.717, 1.165) is 101 Å². The van der Waals surface area contributed by atoms with Crippen molar-refractivity contribution in [2.45, 2.75) is 66.5 Å². The van der Waals surface area contributed by atoms with Crippen molar-refractivity contribution in [3.05, 3.63) is 180 Å². The Morgan fingerprint density at radius 3 is 1.45 bits per heavy atom. The summed E-state index contributed by atoms with van der Waals surface area (Å²) in [5.41, 5.74) is 13.7. The predicted molar refractivity (Wildman–Crippen MR) is 277 cm³/mol. The van der Waals surface area contributed by atoms with Crippen LogP contribution < -0.4 is 14.7 Å². The van der Waals surface area contributed by atoms with Gasteiger partial charge in [-0.1, -0.05) is 52.3 Å². The van der Waals surface area contributed by atoms with E-state index in [1.165, 1.54) is 48.8 Å². The van der Waals surface area contributed by atoms with Crippen LogP contribution in [0, 0.1) is 27.7 Å². The van der Waals surface area contributed by atoms with Crippen LogP contribution >= 0.6 is 38.6 Å². The fraction of sp³-hybridized carbons (Fsp3) is 0.308. The summed E-state index contributed by atoms with van der Waals surface area (Å²) in [7, 11) is -2.87. The first kappa shape index (κ1) is 45.2. The Bertz CT molecular complexity index is 3140. The molecule has 0 radical (unpaired) electrons. The zero-order valence-corrected chi connectivity index (χ0v) is 42.4. The van der Waals surface area contributed by atoms with Crippen LogP contribution in [0.4, 0.5) is 16.0 Å². The third kappa shape index (κ3) is 10.4. The number of hydrogen-bond donors (Lipinski definition) is 0. The van der Waals surface area contributed by atoms with Crippen LogP contribution in [0.25, 0.3) is 11.4 Å². The van der Waals surface area contributed by atoms with Crippen molar-refractivity contribution in [2.75, 3.05) is 52.4 Å². The highest BCUT2D eigenvalue weighted by Gasteiger charge is 2.24. The maximum absolute atomic E-state index is 11.7. The van der Waals surface area contributed by atoms with E-state index in [1.54, 1.807) is 11.3 Å².